The van der Waals surface area contributed by atoms with E-state index in [2.05, 4.69) is 26.4 Å². The average molecular weight is 269 g/mol. The molecule has 1 aromatic heterocycles. The van der Waals surface area contributed by atoms with E-state index >= 15 is 0 Å². The molecule has 2 aliphatic rings. The second-order valence-electron chi connectivity index (χ2n) is 3.41. The van der Waals surface area contributed by atoms with Crippen LogP contribution < -0.4 is 10.2 Å². The average Bonchev–Trinajstić information content (AvgIpc) is 2.72. The van der Waals surface area contributed by atoms with Gasteiger partial charge in [-0.15, -0.1) is 0 Å². The van der Waals surface area contributed by atoms with Crippen molar-refractivity contribution in [3.05, 3.63) is 29.5 Å². The van der Waals surface area contributed by atoms with Gasteiger partial charge in [0, 0.05) is 17.1 Å². The number of hydroxylamine groups is 1. The van der Waals surface area contributed by atoms with Gasteiger partial charge in [0.1, 0.15) is 12.7 Å². The second kappa shape index (κ2) is 3.50. The Hall–Kier alpha value is -1.07. The minimum atomic E-state index is 0.0494. The number of nitrogens with one attached hydrogen (secondary N) is 1. The van der Waals surface area contributed by atoms with Crippen molar-refractivity contribution in [2.24, 2.45) is 0 Å². The van der Waals surface area contributed by atoms with Crippen LogP contribution in [-0.4, -0.2) is 23.0 Å². The normalized spacial score (nSPS) is 22.9. The zero-order valence-electron chi connectivity index (χ0n) is 7.87. The van der Waals surface area contributed by atoms with Crippen molar-refractivity contribution in [2.45, 2.75) is 6.10 Å². The molecule has 0 aliphatic carbocycles. The molecule has 4 nitrogen and oxygen atoms in total. The smallest absolute Gasteiger partial charge is 0.223 e. The van der Waals surface area contributed by atoms with Gasteiger partial charge in [-0.1, -0.05) is 15.9 Å². The Morgan fingerprint density at radius 1 is 1.60 bits per heavy atom. The lowest BCUT2D eigenvalue weighted by molar-refractivity contribution is 0.0592. The van der Waals surface area contributed by atoms with E-state index in [1.54, 1.807) is 6.20 Å². The van der Waals surface area contributed by atoms with Gasteiger partial charge in [0.15, 0.2) is 0 Å². The second-order valence-corrected chi connectivity index (χ2v) is 4.06. The van der Waals surface area contributed by atoms with E-state index < -0.39 is 0 Å². The van der Waals surface area contributed by atoms with Crippen LogP contribution in [0.2, 0.25) is 0 Å². The highest BCUT2D eigenvalue weighted by Gasteiger charge is 2.32. The first kappa shape index (κ1) is 9.18. The summed E-state index contributed by atoms with van der Waals surface area (Å²) in [6.07, 6.45) is 1.77. The molecule has 0 aromatic carbocycles. The third-order valence-electron chi connectivity index (χ3n) is 2.56. The fourth-order valence-corrected chi connectivity index (χ4v) is 2.31. The first-order chi connectivity index (χ1) is 7.40. The molecule has 0 radical (unpaired) electrons. The van der Waals surface area contributed by atoms with Crippen molar-refractivity contribution in [1.82, 2.24) is 10.5 Å². The SMILES string of the molecule is BrCC1ONC2=C1COc1ncccc12. The lowest BCUT2D eigenvalue weighted by atomic mass is 10.0. The summed E-state index contributed by atoms with van der Waals surface area (Å²) in [4.78, 5) is 9.59. The van der Waals surface area contributed by atoms with Crippen LogP contribution in [0.3, 0.4) is 0 Å². The van der Waals surface area contributed by atoms with Crippen molar-refractivity contribution in [1.29, 1.82) is 0 Å². The first-order valence-electron chi connectivity index (χ1n) is 4.69. The van der Waals surface area contributed by atoms with Gasteiger partial charge in [-0.2, -0.15) is 0 Å². The number of alkyl halides is 1. The van der Waals surface area contributed by atoms with Crippen molar-refractivity contribution >= 4 is 21.6 Å². The Labute approximate surface area is 95.4 Å². The highest BCUT2D eigenvalue weighted by atomic mass is 79.9. The molecule has 0 saturated carbocycles. The molecule has 5 heteroatoms. The third-order valence-corrected chi connectivity index (χ3v) is 3.15. The van der Waals surface area contributed by atoms with E-state index in [4.69, 9.17) is 9.57 Å². The fraction of sp³-hybridized carbons (Fsp3) is 0.300. The summed E-state index contributed by atoms with van der Waals surface area (Å²) in [5.74, 6) is 0.669. The van der Waals surface area contributed by atoms with Crippen LogP contribution in [0.25, 0.3) is 5.70 Å². The van der Waals surface area contributed by atoms with Gasteiger partial charge >= 0.3 is 0 Å². The highest BCUT2D eigenvalue weighted by Crippen LogP contribution is 2.34. The summed E-state index contributed by atoms with van der Waals surface area (Å²) in [5.41, 5.74) is 6.07. The molecule has 0 amide bonds. The molecule has 78 valence electrons. The predicted molar refractivity (Wildman–Crippen MR) is 58.5 cm³/mol. The van der Waals surface area contributed by atoms with Gasteiger partial charge in [-0.25, -0.2) is 4.98 Å². The Morgan fingerprint density at radius 3 is 3.40 bits per heavy atom. The summed E-state index contributed by atoms with van der Waals surface area (Å²) in [6, 6.07) is 3.87. The van der Waals surface area contributed by atoms with Crippen LogP contribution in [0.5, 0.6) is 5.88 Å². The number of rotatable bonds is 1. The van der Waals surface area contributed by atoms with Crippen molar-refractivity contribution < 1.29 is 9.57 Å². The maximum Gasteiger partial charge on any atom is 0.223 e. The number of halogens is 1. The van der Waals surface area contributed by atoms with Gasteiger partial charge in [-0.3, -0.25) is 10.3 Å². The topological polar surface area (TPSA) is 43.4 Å². The molecule has 1 atom stereocenters. The zero-order chi connectivity index (χ0) is 10.3. The van der Waals surface area contributed by atoms with E-state index in [0.717, 1.165) is 22.2 Å². The van der Waals surface area contributed by atoms with Crippen LogP contribution in [0.1, 0.15) is 5.56 Å². The van der Waals surface area contributed by atoms with Crippen molar-refractivity contribution in [3.63, 3.8) is 0 Å². The molecule has 0 saturated heterocycles. The van der Waals surface area contributed by atoms with Gasteiger partial charge in [-0.05, 0) is 12.1 Å². The number of fused-ring (bicyclic) bond motifs is 2. The van der Waals surface area contributed by atoms with E-state index in [1.165, 1.54) is 0 Å². The molecule has 0 bridgehead atoms. The fourth-order valence-electron chi connectivity index (χ4n) is 1.79. The largest absolute Gasteiger partial charge is 0.472 e. The Morgan fingerprint density at radius 2 is 2.53 bits per heavy atom. The molecular formula is C10H9BrN2O2. The maximum absolute atomic E-state index is 5.56. The number of hydrogen-bond donors (Lipinski definition) is 1. The van der Waals surface area contributed by atoms with Crippen LogP contribution in [0.15, 0.2) is 23.9 Å². The van der Waals surface area contributed by atoms with Crippen LogP contribution >= 0.6 is 15.9 Å². The molecule has 3 rings (SSSR count). The number of nitrogens with zero attached hydrogens (tertiary/aromatic N) is 1. The van der Waals surface area contributed by atoms with Gasteiger partial charge in [0.2, 0.25) is 5.88 Å². The third kappa shape index (κ3) is 1.34. The van der Waals surface area contributed by atoms with E-state index in [0.29, 0.717) is 12.5 Å². The lowest BCUT2D eigenvalue weighted by Gasteiger charge is -2.17. The van der Waals surface area contributed by atoms with Crippen molar-refractivity contribution in [3.8, 4) is 5.88 Å². The quantitative estimate of drug-likeness (QED) is 0.784. The molecule has 2 aliphatic heterocycles. The molecule has 0 fully saturated rings. The summed E-state index contributed by atoms with van der Waals surface area (Å²) in [6.45, 7) is 0.544. The standard InChI is InChI=1S/C10H9BrN2O2/c11-4-8-7-5-14-10-6(2-1-3-12-10)9(7)13-15-8/h1-3,8,13H,4-5H2. The Balaban J connectivity index is 2.09. The van der Waals surface area contributed by atoms with Crippen LogP contribution in [0, 0.1) is 0 Å². The number of pyridine rings is 1. The molecule has 3 heterocycles. The van der Waals surface area contributed by atoms with Gasteiger partial charge in [0.25, 0.3) is 0 Å². The molecule has 1 aromatic rings. The Bertz CT molecular complexity index is 433. The number of ether oxygens (including phenoxy) is 1. The van der Waals surface area contributed by atoms with Gasteiger partial charge < -0.3 is 4.74 Å². The summed E-state index contributed by atoms with van der Waals surface area (Å²) >= 11 is 3.41. The first-order valence-corrected chi connectivity index (χ1v) is 5.81. The van der Waals surface area contributed by atoms with E-state index in [-0.39, 0.29) is 6.10 Å². The van der Waals surface area contributed by atoms with Crippen molar-refractivity contribution in [2.75, 3.05) is 11.9 Å². The molecule has 15 heavy (non-hydrogen) atoms. The number of aromatic nitrogens is 1. The van der Waals surface area contributed by atoms with Crippen LogP contribution in [-0.2, 0) is 4.84 Å². The summed E-state index contributed by atoms with van der Waals surface area (Å²) in [7, 11) is 0. The summed E-state index contributed by atoms with van der Waals surface area (Å²) < 4.78 is 5.56. The van der Waals surface area contributed by atoms with Crippen LogP contribution in [0.4, 0.5) is 0 Å². The molecule has 1 N–H and O–H groups in total. The monoisotopic (exact) mass is 268 g/mol. The summed E-state index contributed by atoms with van der Waals surface area (Å²) in [5, 5.41) is 0.762. The number of hydrogen-bond acceptors (Lipinski definition) is 4. The zero-order valence-corrected chi connectivity index (χ0v) is 9.45. The minimum absolute atomic E-state index is 0.0494. The van der Waals surface area contributed by atoms with Gasteiger partial charge in [0.05, 0.1) is 11.3 Å². The molecule has 0 spiro atoms. The molecular weight excluding hydrogens is 260 g/mol. The molecule has 1 unspecified atom stereocenters. The maximum atomic E-state index is 5.56. The Kier molecular flexibility index (Phi) is 2.14. The lowest BCUT2D eigenvalue weighted by Crippen LogP contribution is -2.19. The van der Waals surface area contributed by atoms with E-state index in [1.807, 2.05) is 12.1 Å². The highest BCUT2D eigenvalue weighted by molar-refractivity contribution is 9.09. The minimum Gasteiger partial charge on any atom is -0.472 e. The van der Waals surface area contributed by atoms with E-state index in [9.17, 15) is 0 Å². The predicted octanol–water partition coefficient (Wildman–Crippen LogP) is 1.48.